The first-order valence-electron chi connectivity index (χ1n) is 3.82. The van der Waals surface area contributed by atoms with Gasteiger partial charge in [-0.25, -0.2) is 13.2 Å². The summed E-state index contributed by atoms with van der Waals surface area (Å²) in [6.07, 6.45) is 0. The quantitative estimate of drug-likeness (QED) is 0.736. The van der Waals surface area contributed by atoms with E-state index in [-0.39, 0.29) is 17.4 Å². The van der Waals surface area contributed by atoms with Crippen molar-refractivity contribution in [1.29, 1.82) is 0 Å². The molecule has 0 aliphatic carbocycles. The molecule has 0 unspecified atom stereocenters. The molecule has 0 aliphatic heterocycles. The van der Waals surface area contributed by atoms with Crippen molar-refractivity contribution in [1.82, 2.24) is 10.1 Å². The summed E-state index contributed by atoms with van der Waals surface area (Å²) in [6, 6.07) is 1.26. The van der Waals surface area contributed by atoms with Crippen molar-refractivity contribution >= 4 is 6.01 Å². The standard InChI is InChI=1S/C8H4F3N3O/c9-4-1-3(2-5(10)6(4)11)7-13-8(12)15-14-7/h1-2H,(H2,12,13,14). The SMILES string of the molecule is Nc1nc(-c2cc(F)c(F)c(F)c2)no1. The molecule has 1 heterocycles. The number of halogens is 3. The molecule has 0 saturated heterocycles. The molecule has 0 aliphatic rings. The summed E-state index contributed by atoms with van der Waals surface area (Å²) in [4.78, 5) is 3.54. The van der Waals surface area contributed by atoms with Crippen molar-refractivity contribution in [3.05, 3.63) is 29.6 Å². The molecule has 0 bridgehead atoms. The highest BCUT2D eigenvalue weighted by Crippen LogP contribution is 2.21. The summed E-state index contributed by atoms with van der Waals surface area (Å²) in [5, 5.41) is 3.33. The Labute approximate surface area is 81.5 Å². The van der Waals surface area contributed by atoms with E-state index in [9.17, 15) is 13.2 Å². The summed E-state index contributed by atoms with van der Waals surface area (Å²) in [5.41, 5.74) is 5.07. The van der Waals surface area contributed by atoms with Crippen molar-refractivity contribution in [2.24, 2.45) is 0 Å². The number of hydrogen-bond donors (Lipinski definition) is 1. The van der Waals surface area contributed by atoms with Crippen molar-refractivity contribution in [2.45, 2.75) is 0 Å². The van der Waals surface area contributed by atoms with Crippen LogP contribution in [0.1, 0.15) is 0 Å². The molecule has 0 spiro atoms. The fourth-order valence-electron chi connectivity index (χ4n) is 1.04. The van der Waals surface area contributed by atoms with E-state index in [4.69, 9.17) is 5.73 Å². The molecule has 2 N–H and O–H groups in total. The molecule has 0 saturated carbocycles. The molecule has 78 valence electrons. The Bertz CT molecular complexity index is 489. The Hall–Kier alpha value is -2.05. The van der Waals surface area contributed by atoms with Crippen molar-refractivity contribution in [3.8, 4) is 11.4 Å². The van der Waals surface area contributed by atoms with Gasteiger partial charge in [-0.1, -0.05) is 5.16 Å². The highest BCUT2D eigenvalue weighted by Gasteiger charge is 2.14. The lowest BCUT2D eigenvalue weighted by molar-refractivity contribution is 0.435. The van der Waals surface area contributed by atoms with Gasteiger partial charge in [-0.2, -0.15) is 4.98 Å². The summed E-state index contributed by atoms with van der Waals surface area (Å²) in [6.45, 7) is 0. The summed E-state index contributed by atoms with van der Waals surface area (Å²) in [7, 11) is 0. The fourth-order valence-corrected chi connectivity index (χ4v) is 1.04. The van der Waals surface area contributed by atoms with Gasteiger partial charge >= 0.3 is 6.01 Å². The summed E-state index contributed by atoms with van der Waals surface area (Å²) >= 11 is 0. The van der Waals surface area contributed by atoms with Gasteiger partial charge in [0, 0.05) is 5.56 Å². The number of aromatic nitrogens is 2. The lowest BCUT2D eigenvalue weighted by Crippen LogP contribution is -1.93. The van der Waals surface area contributed by atoms with Crippen LogP contribution in [0.15, 0.2) is 16.7 Å². The maximum atomic E-state index is 12.8. The van der Waals surface area contributed by atoms with Gasteiger partial charge in [0.25, 0.3) is 0 Å². The van der Waals surface area contributed by atoms with Crippen LogP contribution < -0.4 is 5.73 Å². The van der Waals surface area contributed by atoms with E-state index in [0.717, 1.165) is 12.1 Å². The average molecular weight is 215 g/mol. The van der Waals surface area contributed by atoms with Gasteiger partial charge in [0.1, 0.15) is 0 Å². The smallest absolute Gasteiger partial charge is 0.319 e. The molecule has 0 amide bonds. The minimum atomic E-state index is -1.55. The fraction of sp³-hybridized carbons (Fsp3) is 0. The van der Waals surface area contributed by atoms with E-state index in [2.05, 4.69) is 14.7 Å². The second-order valence-electron chi connectivity index (χ2n) is 2.71. The maximum absolute atomic E-state index is 12.8. The molecule has 15 heavy (non-hydrogen) atoms. The molecule has 0 fully saturated rings. The van der Waals surface area contributed by atoms with Gasteiger partial charge in [0.2, 0.25) is 5.82 Å². The van der Waals surface area contributed by atoms with Crippen LogP contribution in [0, 0.1) is 17.5 Å². The van der Waals surface area contributed by atoms with E-state index in [0.29, 0.717) is 0 Å². The Kier molecular flexibility index (Phi) is 2.07. The van der Waals surface area contributed by atoms with Crippen LogP contribution in [0.3, 0.4) is 0 Å². The number of rotatable bonds is 1. The van der Waals surface area contributed by atoms with Crippen LogP contribution >= 0.6 is 0 Å². The van der Waals surface area contributed by atoms with Gasteiger partial charge in [-0.05, 0) is 12.1 Å². The number of benzene rings is 1. The predicted octanol–water partition coefficient (Wildman–Crippen LogP) is 1.74. The van der Waals surface area contributed by atoms with Gasteiger partial charge in [0.15, 0.2) is 17.5 Å². The number of nitrogens with zero attached hydrogens (tertiary/aromatic N) is 2. The normalized spacial score (nSPS) is 10.6. The van der Waals surface area contributed by atoms with Crippen molar-refractivity contribution in [2.75, 3.05) is 5.73 Å². The van der Waals surface area contributed by atoms with Crippen LogP contribution in [0.2, 0.25) is 0 Å². The minimum Gasteiger partial charge on any atom is -0.351 e. The minimum absolute atomic E-state index is 0.0492. The molecule has 1 aromatic heterocycles. The Morgan fingerprint density at radius 2 is 1.73 bits per heavy atom. The van der Waals surface area contributed by atoms with E-state index in [1.165, 1.54) is 0 Å². The predicted molar refractivity (Wildman–Crippen MR) is 44.0 cm³/mol. The first-order chi connectivity index (χ1) is 7.08. The van der Waals surface area contributed by atoms with E-state index < -0.39 is 17.5 Å². The zero-order valence-corrected chi connectivity index (χ0v) is 7.17. The molecule has 2 aromatic rings. The maximum Gasteiger partial charge on any atom is 0.319 e. The third-order valence-corrected chi connectivity index (χ3v) is 1.68. The van der Waals surface area contributed by atoms with Gasteiger partial charge in [-0.15, -0.1) is 0 Å². The number of anilines is 1. The topological polar surface area (TPSA) is 64.9 Å². The molecule has 7 heteroatoms. The van der Waals surface area contributed by atoms with Crippen LogP contribution in [-0.4, -0.2) is 10.1 Å². The number of hydrogen-bond acceptors (Lipinski definition) is 4. The average Bonchev–Trinajstić information content (AvgIpc) is 2.60. The van der Waals surface area contributed by atoms with Crippen LogP contribution in [0.5, 0.6) is 0 Å². The second-order valence-corrected chi connectivity index (χ2v) is 2.71. The second kappa shape index (κ2) is 3.26. The molecular weight excluding hydrogens is 211 g/mol. The largest absolute Gasteiger partial charge is 0.351 e. The first kappa shape index (κ1) is 9.50. The molecule has 1 aromatic carbocycles. The van der Waals surface area contributed by atoms with E-state index in [1.54, 1.807) is 0 Å². The number of nitrogen functional groups attached to an aromatic ring is 1. The molecule has 4 nitrogen and oxygen atoms in total. The Morgan fingerprint density at radius 3 is 2.20 bits per heavy atom. The molecule has 2 rings (SSSR count). The van der Waals surface area contributed by atoms with Gasteiger partial charge in [0.05, 0.1) is 0 Å². The number of nitrogens with two attached hydrogens (primary N) is 1. The lowest BCUT2D eigenvalue weighted by Gasteiger charge is -1.97. The van der Waals surface area contributed by atoms with Gasteiger partial charge in [-0.3, -0.25) is 0 Å². The van der Waals surface area contributed by atoms with Crippen LogP contribution in [-0.2, 0) is 0 Å². The van der Waals surface area contributed by atoms with E-state index >= 15 is 0 Å². The highest BCUT2D eigenvalue weighted by atomic mass is 19.2. The first-order valence-corrected chi connectivity index (χ1v) is 3.82. The van der Waals surface area contributed by atoms with Crippen LogP contribution in [0.25, 0.3) is 11.4 Å². The van der Waals surface area contributed by atoms with E-state index in [1.807, 2.05) is 0 Å². The Morgan fingerprint density at radius 1 is 1.13 bits per heavy atom. The monoisotopic (exact) mass is 215 g/mol. The van der Waals surface area contributed by atoms with Crippen molar-refractivity contribution in [3.63, 3.8) is 0 Å². The Balaban J connectivity index is 2.55. The highest BCUT2D eigenvalue weighted by molar-refractivity contribution is 5.55. The molecular formula is C8H4F3N3O. The van der Waals surface area contributed by atoms with Crippen LogP contribution in [0.4, 0.5) is 19.2 Å². The third kappa shape index (κ3) is 1.63. The summed E-state index contributed by atoms with van der Waals surface area (Å²) < 4.78 is 42.6. The molecule has 0 radical (unpaired) electrons. The zero-order valence-electron chi connectivity index (χ0n) is 7.17. The van der Waals surface area contributed by atoms with Gasteiger partial charge < -0.3 is 10.3 Å². The van der Waals surface area contributed by atoms with Crippen molar-refractivity contribution < 1.29 is 17.7 Å². The lowest BCUT2D eigenvalue weighted by atomic mass is 10.2. The summed E-state index contributed by atoms with van der Waals surface area (Å²) in [5.74, 6) is -4.30. The third-order valence-electron chi connectivity index (χ3n) is 1.68. The zero-order chi connectivity index (χ0) is 11.0. The molecule has 0 atom stereocenters.